The number of carbonyl (C=O) groups is 1. The second-order valence-corrected chi connectivity index (χ2v) is 6.07. The number of amides is 1. The standard InChI is InChI=1S/C17H24ClNO2/c1-3-19(15-9-5-4-6-10-15)17(20)13(2)21-16-11-7-8-14(18)12-16/h7-8,11-13,15H,3-6,9-10H2,1-2H3. The summed E-state index contributed by atoms with van der Waals surface area (Å²) >= 11 is 5.94. The Hall–Kier alpha value is -1.22. The van der Waals surface area contributed by atoms with Gasteiger partial charge < -0.3 is 9.64 Å². The minimum Gasteiger partial charge on any atom is -0.481 e. The molecule has 1 atom stereocenters. The van der Waals surface area contributed by atoms with Crippen LogP contribution in [0.3, 0.4) is 0 Å². The van der Waals surface area contributed by atoms with E-state index < -0.39 is 6.10 Å². The summed E-state index contributed by atoms with van der Waals surface area (Å²) in [6.07, 6.45) is 5.48. The van der Waals surface area contributed by atoms with Crippen molar-refractivity contribution in [3.8, 4) is 5.75 Å². The van der Waals surface area contributed by atoms with E-state index in [-0.39, 0.29) is 5.91 Å². The third-order valence-corrected chi connectivity index (χ3v) is 4.33. The second-order valence-electron chi connectivity index (χ2n) is 5.63. The molecule has 3 nitrogen and oxygen atoms in total. The van der Waals surface area contributed by atoms with Crippen LogP contribution in [0.5, 0.6) is 5.75 Å². The van der Waals surface area contributed by atoms with Crippen LogP contribution >= 0.6 is 11.6 Å². The Morgan fingerprint density at radius 3 is 2.71 bits per heavy atom. The highest BCUT2D eigenvalue weighted by Gasteiger charge is 2.28. The zero-order valence-electron chi connectivity index (χ0n) is 12.8. The average Bonchev–Trinajstić information content (AvgIpc) is 2.49. The molecule has 0 aliphatic heterocycles. The molecular formula is C17H24ClNO2. The fraction of sp³-hybridized carbons (Fsp3) is 0.588. The lowest BCUT2D eigenvalue weighted by atomic mass is 9.94. The van der Waals surface area contributed by atoms with Crippen molar-refractivity contribution in [3.05, 3.63) is 29.3 Å². The quantitative estimate of drug-likeness (QED) is 0.812. The normalized spacial score (nSPS) is 17.3. The van der Waals surface area contributed by atoms with Crippen LogP contribution in [0.25, 0.3) is 0 Å². The maximum Gasteiger partial charge on any atom is 0.263 e. The van der Waals surface area contributed by atoms with E-state index in [0.717, 1.165) is 19.4 Å². The minimum atomic E-state index is -0.481. The van der Waals surface area contributed by atoms with Crippen molar-refractivity contribution in [2.24, 2.45) is 0 Å². The highest BCUT2D eigenvalue weighted by atomic mass is 35.5. The Morgan fingerprint density at radius 1 is 1.38 bits per heavy atom. The molecule has 1 aromatic rings. The average molecular weight is 310 g/mol. The number of ether oxygens (including phenoxy) is 1. The van der Waals surface area contributed by atoms with Crippen LogP contribution in [-0.4, -0.2) is 29.5 Å². The summed E-state index contributed by atoms with van der Waals surface area (Å²) in [6, 6.07) is 7.56. The molecule has 1 unspecified atom stereocenters. The van der Waals surface area contributed by atoms with Gasteiger partial charge in [-0.15, -0.1) is 0 Å². The van der Waals surface area contributed by atoms with E-state index >= 15 is 0 Å². The Bertz CT molecular complexity index is 472. The Kier molecular flexibility index (Phi) is 5.92. The zero-order chi connectivity index (χ0) is 15.2. The van der Waals surface area contributed by atoms with Gasteiger partial charge in [-0.1, -0.05) is 36.9 Å². The number of likely N-dealkylation sites (N-methyl/N-ethyl adjacent to an activating group) is 1. The third-order valence-electron chi connectivity index (χ3n) is 4.10. The lowest BCUT2D eigenvalue weighted by molar-refractivity contribution is -0.140. The molecule has 0 spiro atoms. The van der Waals surface area contributed by atoms with E-state index in [4.69, 9.17) is 16.3 Å². The van der Waals surface area contributed by atoms with Crippen LogP contribution in [0.15, 0.2) is 24.3 Å². The maximum atomic E-state index is 12.6. The molecule has 0 bridgehead atoms. The highest BCUT2D eigenvalue weighted by molar-refractivity contribution is 6.30. The molecule has 4 heteroatoms. The molecule has 0 radical (unpaired) electrons. The van der Waals surface area contributed by atoms with E-state index in [0.29, 0.717) is 16.8 Å². The van der Waals surface area contributed by atoms with Crippen molar-refractivity contribution >= 4 is 17.5 Å². The third kappa shape index (κ3) is 4.37. The van der Waals surface area contributed by atoms with Crippen LogP contribution in [0, 0.1) is 0 Å². The van der Waals surface area contributed by atoms with Gasteiger partial charge in [0.05, 0.1) is 0 Å². The Morgan fingerprint density at radius 2 is 2.10 bits per heavy atom. The highest BCUT2D eigenvalue weighted by Crippen LogP contribution is 2.24. The Balaban J connectivity index is 1.99. The number of carbonyl (C=O) groups excluding carboxylic acids is 1. The second kappa shape index (κ2) is 7.69. The number of hydrogen-bond acceptors (Lipinski definition) is 2. The molecule has 1 saturated carbocycles. The van der Waals surface area contributed by atoms with E-state index in [1.807, 2.05) is 30.9 Å². The van der Waals surface area contributed by atoms with Crippen LogP contribution < -0.4 is 4.74 Å². The first-order chi connectivity index (χ1) is 10.1. The molecule has 116 valence electrons. The molecule has 21 heavy (non-hydrogen) atoms. The van der Waals surface area contributed by atoms with E-state index in [2.05, 4.69) is 0 Å². The summed E-state index contributed by atoms with van der Waals surface area (Å²) in [5.74, 6) is 0.715. The summed E-state index contributed by atoms with van der Waals surface area (Å²) in [5.41, 5.74) is 0. The van der Waals surface area contributed by atoms with Gasteiger partial charge in [0, 0.05) is 17.6 Å². The van der Waals surface area contributed by atoms with Gasteiger partial charge in [-0.3, -0.25) is 4.79 Å². The first-order valence-corrected chi connectivity index (χ1v) is 8.22. The van der Waals surface area contributed by atoms with E-state index in [9.17, 15) is 4.79 Å². The number of rotatable bonds is 5. The van der Waals surface area contributed by atoms with Crippen molar-refractivity contribution in [2.45, 2.75) is 58.1 Å². The first kappa shape index (κ1) is 16.2. The SMILES string of the molecule is CCN(C(=O)C(C)Oc1cccc(Cl)c1)C1CCCCC1. The van der Waals surface area contributed by atoms with Crippen molar-refractivity contribution in [1.29, 1.82) is 0 Å². The van der Waals surface area contributed by atoms with Gasteiger partial charge in [-0.2, -0.15) is 0 Å². The van der Waals surface area contributed by atoms with E-state index in [1.54, 1.807) is 12.1 Å². The van der Waals surface area contributed by atoms with Crippen molar-refractivity contribution in [1.82, 2.24) is 4.90 Å². The predicted octanol–water partition coefficient (Wildman–Crippen LogP) is 4.29. The molecule has 0 saturated heterocycles. The molecule has 1 amide bonds. The van der Waals surface area contributed by atoms with Gasteiger partial charge in [0.25, 0.3) is 5.91 Å². The molecule has 0 heterocycles. The fourth-order valence-corrected chi connectivity index (χ4v) is 3.20. The summed E-state index contributed by atoms with van der Waals surface area (Å²) in [6.45, 7) is 4.60. The van der Waals surface area contributed by atoms with Gasteiger partial charge in [-0.05, 0) is 44.9 Å². The molecule has 0 aromatic heterocycles. The molecule has 1 fully saturated rings. The van der Waals surface area contributed by atoms with Gasteiger partial charge in [-0.25, -0.2) is 0 Å². The zero-order valence-corrected chi connectivity index (χ0v) is 13.6. The lowest BCUT2D eigenvalue weighted by Gasteiger charge is -2.35. The molecule has 1 aliphatic rings. The predicted molar refractivity (Wildman–Crippen MR) is 85.8 cm³/mol. The monoisotopic (exact) mass is 309 g/mol. The minimum absolute atomic E-state index is 0.0735. The lowest BCUT2D eigenvalue weighted by Crippen LogP contribution is -2.47. The smallest absolute Gasteiger partial charge is 0.263 e. The van der Waals surface area contributed by atoms with Crippen LogP contribution in [0.4, 0.5) is 0 Å². The largest absolute Gasteiger partial charge is 0.481 e. The molecule has 0 N–H and O–H groups in total. The summed E-state index contributed by atoms with van der Waals surface area (Å²) in [4.78, 5) is 14.6. The number of nitrogens with zero attached hydrogens (tertiary/aromatic N) is 1. The van der Waals surface area contributed by atoms with Crippen LogP contribution in [-0.2, 0) is 4.79 Å². The summed E-state index contributed by atoms with van der Waals surface area (Å²) < 4.78 is 5.75. The van der Waals surface area contributed by atoms with Crippen LogP contribution in [0.1, 0.15) is 46.0 Å². The van der Waals surface area contributed by atoms with Crippen molar-refractivity contribution in [2.75, 3.05) is 6.54 Å². The number of hydrogen-bond donors (Lipinski definition) is 0. The van der Waals surface area contributed by atoms with Crippen molar-refractivity contribution in [3.63, 3.8) is 0 Å². The molecular weight excluding hydrogens is 286 g/mol. The van der Waals surface area contributed by atoms with E-state index in [1.165, 1.54) is 19.3 Å². The fourth-order valence-electron chi connectivity index (χ4n) is 3.02. The molecule has 1 aromatic carbocycles. The van der Waals surface area contributed by atoms with Gasteiger partial charge in [0.15, 0.2) is 6.10 Å². The van der Waals surface area contributed by atoms with Gasteiger partial charge >= 0.3 is 0 Å². The molecule has 2 rings (SSSR count). The molecule has 1 aliphatic carbocycles. The number of benzene rings is 1. The maximum absolute atomic E-state index is 12.6. The Labute approximate surface area is 132 Å². The summed E-state index contributed by atoms with van der Waals surface area (Å²) in [7, 11) is 0. The van der Waals surface area contributed by atoms with Gasteiger partial charge in [0.2, 0.25) is 0 Å². The first-order valence-electron chi connectivity index (χ1n) is 7.84. The van der Waals surface area contributed by atoms with Crippen LogP contribution in [0.2, 0.25) is 5.02 Å². The summed E-state index contributed by atoms with van der Waals surface area (Å²) in [5, 5.41) is 0.617. The topological polar surface area (TPSA) is 29.5 Å². The van der Waals surface area contributed by atoms with Crippen molar-refractivity contribution < 1.29 is 9.53 Å². The number of halogens is 1. The van der Waals surface area contributed by atoms with Gasteiger partial charge in [0.1, 0.15) is 5.75 Å².